The first-order valence-electron chi connectivity index (χ1n) is 6.26. The van der Waals surface area contributed by atoms with Crippen LogP contribution >= 0.6 is 31.9 Å². The van der Waals surface area contributed by atoms with Crippen molar-refractivity contribution >= 4 is 37.8 Å². The first-order valence-corrected chi connectivity index (χ1v) is 7.85. The van der Waals surface area contributed by atoms with E-state index in [0.29, 0.717) is 12.1 Å². The van der Waals surface area contributed by atoms with Crippen LogP contribution in [-0.2, 0) is 13.1 Å². The van der Waals surface area contributed by atoms with Crippen LogP contribution in [0.4, 0.5) is 0 Å². The molecule has 0 saturated carbocycles. The third-order valence-electron chi connectivity index (χ3n) is 2.96. The smallest absolute Gasteiger partial charge is 0.335 e. The molecule has 0 spiro atoms. The van der Waals surface area contributed by atoms with E-state index in [1.807, 2.05) is 25.2 Å². The van der Waals surface area contributed by atoms with Crippen molar-refractivity contribution in [3.8, 4) is 0 Å². The number of carboxylic acids is 1. The number of halogens is 2. The van der Waals surface area contributed by atoms with Gasteiger partial charge in [-0.3, -0.25) is 9.88 Å². The molecule has 0 bridgehead atoms. The minimum Gasteiger partial charge on any atom is -0.478 e. The molecule has 0 aliphatic rings. The molecular formula is C15H14Br2N2O2. The number of rotatable bonds is 5. The van der Waals surface area contributed by atoms with Crippen molar-refractivity contribution in [1.29, 1.82) is 0 Å². The highest BCUT2D eigenvalue weighted by Gasteiger charge is 2.08. The molecule has 0 atom stereocenters. The summed E-state index contributed by atoms with van der Waals surface area (Å²) in [7, 11) is 2.00. The van der Waals surface area contributed by atoms with Gasteiger partial charge in [0.1, 0.15) is 0 Å². The fraction of sp³-hybridized carbons (Fsp3) is 0.200. The van der Waals surface area contributed by atoms with Gasteiger partial charge in [0.25, 0.3) is 0 Å². The van der Waals surface area contributed by atoms with Crippen LogP contribution in [0.3, 0.4) is 0 Å². The van der Waals surface area contributed by atoms with Gasteiger partial charge in [-0.05, 0) is 62.7 Å². The Morgan fingerprint density at radius 3 is 2.48 bits per heavy atom. The van der Waals surface area contributed by atoms with Gasteiger partial charge in [-0.1, -0.05) is 12.1 Å². The van der Waals surface area contributed by atoms with Gasteiger partial charge in [-0.15, -0.1) is 0 Å². The van der Waals surface area contributed by atoms with Crippen LogP contribution in [0.1, 0.15) is 21.6 Å². The van der Waals surface area contributed by atoms with E-state index >= 15 is 0 Å². The van der Waals surface area contributed by atoms with Gasteiger partial charge in [0, 0.05) is 28.2 Å². The Kier molecular flexibility index (Phi) is 5.50. The molecule has 2 rings (SSSR count). The molecule has 0 amide bonds. The van der Waals surface area contributed by atoms with Crippen LogP contribution < -0.4 is 0 Å². The van der Waals surface area contributed by atoms with E-state index in [4.69, 9.17) is 5.11 Å². The Labute approximate surface area is 140 Å². The quantitative estimate of drug-likeness (QED) is 0.806. The molecule has 0 saturated heterocycles. The minimum absolute atomic E-state index is 0.304. The molecule has 1 N–H and O–H groups in total. The molecule has 0 aliphatic carbocycles. The highest BCUT2D eigenvalue weighted by molar-refractivity contribution is 9.11. The molecule has 0 radical (unpaired) electrons. The number of carboxylic acid groups (broad SMARTS) is 1. The Bertz CT molecular complexity index is 645. The Hall–Kier alpha value is -1.24. The van der Waals surface area contributed by atoms with Gasteiger partial charge in [0.15, 0.2) is 0 Å². The molecule has 110 valence electrons. The van der Waals surface area contributed by atoms with Gasteiger partial charge in [-0.25, -0.2) is 4.79 Å². The van der Waals surface area contributed by atoms with E-state index < -0.39 is 5.97 Å². The van der Waals surface area contributed by atoms with Crippen LogP contribution in [0.2, 0.25) is 0 Å². The third-order valence-corrected chi connectivity index (χ3v) is 4.08. The zero-order valence-electron chi connectivity index (χ0n) is 11.4. The summed E-state index contributed by atoms with van der Waals surface area (Å²) in [6.07, 6.45) is 1.77. The predicted octanol–water partition coefficient (Wildman–Crippen LogP) is 3.94. The van der Waals surface area contributed by atoms with E-state index in [0.717, 1.165) is 26.7 Å². The summed E-state index contributed by atoms with van der Waals surface area (Å²) in [6.45, 7) is 1.43. The molecule has 1 aromatic carbocycles. The molecule has 0 fully saturated rings. The molecule has 1 heterocycles. The van der Waals surface area contributed by atoms with Crippen LogP contribution in [0.15, 0.2) is 45.5 Å². The van der Waals surface area contributed by atoms with E-state index in [-0.39, 0.29) is 0 Å². The largest absolute Gasteiger partial charge is 0.478 e. The van der Waals surface area contributed by atoms with E-state index in [1.54, 1.807) is 18.3 Å². The predicted molar refractivity (Wildman–Crippen MR) is 88.2 cm³/mol. The lowest BCUT2D eigenvalue weighted by molar-refractivity contribution is 0.0697. The minimum atomic E-state index is -0.905. The van der Waals surface area contributed by atoms with Gasteiger partial charge in [0.2, 0.25) is 0 Å². The maximum atomic E-state index is 10.8. The fourth-order valence-electron chi connectivity index (χ4n) is 1.94. The molecule has 4 nitrogen and oxygen atoms in total. The summed E-state index contributed by atoms with van der Waals surface area (Å²) >= 11 is 6.88. The molecule has 1 aromatic heterocycles. The number of pyridine rings is 1. The summed E-state index contributed by atoms with van der Waals surface area (Å²) in [4.78, 5) is 17.3. The summed E-state index contributed by atoms with van der Waals surface area (Å²) < 4.78 is 1.90. The number of benzene rings is 1. The van der Waals surface area contributed by atoms with E-state index in [9.17, 15) is 4.79 Å². The van der Waals surface area contributed by atoms with Crippen molar-refractivity contribution in [2.75, 3.05) is 7.05 Å². The van der Waals surface area contributed by atoms with Crippen molar-refractivity contribution in [3.05, 3.63) is 62.3 Å². The second-order valence-corrected chi connectivity index (χ2v) is 6.53. The first-order chi connectivity index (χ1) is 9.95. The molecule has 21 heavy (non-hydrogen) atoms. The maximum Gasteiger partial charge on any atom is 0.335 e. The van der Waals surface area contributed by atoms with Crippen molar-refractivity contribution in [1.82, 2.24) is 9.88 Å². The van der Waals surface area contributed by atoms with Gasteiger partial charge in [0.05, 0.1) is 11.3 Å². The zero-order valence-corrected chi connectivity index (χ0v) is 14.6. The lowest BCUT2D eigenvalue weighted by Gasteiger charge is -2.17. The normalized spacial score (nSPS) is 10.9. The SMILES string of the molecule is CN(Cc1ccc(C(=O)O)cc1)Cc1ncc(Br)cc1Br. The monoisotopic (exact) mass is 412 g/mol. The maximum absolute atomic E-state index is 10.8. The molecule has 2 aromatic rings. The second kappa shape index (κ2) is 7.15. The Morgan fingerprint density at radius 2 is 1.90 bits per heavy atom. The number of aromatic carboxylic acids is 1. The van der Waals surface area contributed by atoms with Crippen molar-refractivity contribution in [2.24, 2.45) is 0 Å². The van der Waals surface area contributed by atoms with Crippen LogP contribution in [0.5, 0.6) is 0 Å². The number of hydrogen-bond acceptors (Lipinski definition) is 3. The van der Waals surface area contributed by atoms with E-state index in [2.05, 4.69) is 41.7 Å². The third kappa shape index (κ3) is 4.62. The number of hydrogen-bond donors (Lipinski definition) is 1. The van der Waals surface area contributed by atoms with Crippen molar-refractivity contribution in [3.63, 3.8) is 0 Å². The lowest BCUT2D eigenvalue weighted by Crippen LogP contribution is -2.18. The van der Waals surface area contributed by atoms with Crippen LogP contribution in [-0.4, -0.2) is 28.0 Å². The van der Waals surface area contributed by atoms with Gasteiger partial charge >= 0.3 is 5.97 Å². The summed E-state index contributed by atoms with van der Waals surface area (Å²) in [5.74, 6) is -0.905. The topological polar surface area (TPSA) is 53.4 Å². The highest BCUT2D eigenvalue weighted by atomic mass is 79.9. The number of nitrogens with zero attached hydrogens (tertiary/aromatic N) is 2. The van der Waals surface area contributed by atoms with Crippen LogP contribution in [0.25, 0.3) is 0 Å². The van der Waals surface area contributed by atoms with Crippen molar-refractivity contribution in [2.45, 2.75) is 13.1 Å². The second-order valence-electron chi connectivity index (χ2n) is 4.76. The van der Waals surface area contributed by atoms with Gasteiger partial charge in [-0.2, -0.15) is 0 Å². The molecule has 6 heteroatoms. The standard InChI is InChI=1S/C15H14Br2N2O2/c1-19(9-14-13(17)6-12(16)7-18-14)8-10-2-4-11(5-3-10)15(20)21/h2-7H,8-9H2,1H3,(H,20,21). The van der Waals surface area contributed by atoms with Gasteiger partial charge < -0.3 is 5.11 Å². The average Bonchev–Trinajstić information content (AvgIpc) is 2.42. The molecule has 0 aliphatic heterocycles. The number of carbonyl (C=O) groups is 1. The summed E-state index contributed by atoms with van der Waals surface area (Å²) in [5.41, 5.74) is 2.33. The first kappa shape index (κ1) is 16.1. The fourth-order valence-corrected chi connectivity index (χ4v) is 3.05. The van der Waals surface area contributed by atoms with E-state index in [1.165, 1.54) is 0 Å². The Morgan fingerprint density at radius 1 is 1.24 bits per heavy atom. The zero-order chi connectivity index (χ0) is 15.4. The van der Waals surface area contributed by atoms with Crippen molar-refractivity contribution < 1.29 is 9.90 Å². The molecular weight excluding hydrogens is 400 g/mol. The highest BCUT2D eigenvalue weighted by Crippen LogP contribution is 2.21. The summed E-state index contributed by atoms with van der Waals surface area (Å²) in [5, 5.41) is 8.88. The summed E-state index contributed by atoms with van der Waals surface area (Å²) in [6, 6.07) is 8.89. The lowest BCUT2D eigenvalue weighted by atomic mass is 10.1. The van der Waals surface area contributed by atoms with Crippen LogP contribution in [0, 0.1) is 0 Å². The number of aromatic nitrogens is 1. The average molecular weight is 414 g/mol. The Balaban J connectivity index is 2.01. The molecule has 0 unspecified atom stereocenters.